The third-order valence-corrected chi connectivity index (χ3v) is 6.26. The van der Waals surface area contributed by atoms with Gasteiger partial charge in [-0.2, -0.15) is 0 Å². The molecular weight excluding hydrogens is 264 g/mol. The van der Waals surface area contributed by atoms with E-state index in [1.54, 1.807) is 38.5 Å². The maximum Gasteiger partial charge on any atom is -0.0380 e. The van der Waals surface area contributed by atoms with E-state index in [-0.39, 0.29) is 0 Å². The number of terminal acetylenes is 1. The van der Waals surface area contributed by atoms with E-state index >= 15 is 0 Å². The van der Waals surface area contributed by atoms with Gasteiger partial charge in [-0.25, -0.2) is 0 Å². The maximum atomic E-state index is 4.00. The fraction of sp³-hybridized carbons (Fsp3) is 0.909. The highest BCUT2D eigenvalue weighted by atomic mass is 14.5. The molecule has 0 amide bonds. The van der Waals surface area contributed by atoms with E-state index < -0.39 is 0 Å². The van der Waals surface area contributed by atoms with Crippen molar-refractivity contribution < 1.29 is 0 Å². The molecule has 22 heavy (non-hydrogen) atoms. The zero-order chi connectivity index (χ0) is 17.1. The van der Waals surface area contributed by atoms with E-state index in [9.17, 15) is 0 Å². The summed E-state index contributed by atoms with van der Waals surface area (Å²) in [6, 6.07) is 0. The van der Waals surface area contributed by atoms with Gasteiger partial charge in [-0.1, -0.05) is 67.2 Å². The smallest absolute Gasteiger partial charge is 0.0380 e. The topological polar surface area (TPSA) is 0 Å². The molecular formula is C22H42. The molecule has 6 atom stereocenters. The maximum absolute atomic E-state index is 4.00. The van der Waals surface area contributed by atoms with E-state index in [0.717, 1.165) is 35.5 Å². The second-order valence-electron chi connectivity index (χ2n) is 7.22. The highest BCUT2D eigenvalue weighted by molar-refractivity contribution is 4.92. The van der Waals surface area contributed by atoms with Crippen LogP contribution in [0.5, 0.6) is 0 Å². The summed E-state index contributed by atoms with van der Waals surface area (Å²) < 4.78 is 0. The first kappa shape index (κ1) is 21.6. The normalized spacial score (nSPS) is 39.1. The van der Waals surface area contributed by atoms with Crippen LogP contribution >= 0.6 is 0 Å². The molecule has 3 aliphatic rings. The zero-order valence-electron chi connectivity index (χ0n) is 16.3. The van der Waals surface area contributed by atoms with Crippen molar-refractivity contribution in [2.24, 2.45) is 35.5 Å². The summed E-state index contributed by atoms with van der Waals surface area (Å²) in [6.45, 7) is 13.0. The lowest BCUT2D eigenvalue weighted by atomic mass is 9.57. The minimum atomic E-state index is 1.00. The van der Waals surface area contributed by atoms with E-state index in [2.05, 4.69) is 26.7 Å². The lowest BCUT2D eigenvalue weighted by Gasteiger charge is -2.49. The van der Waals surface area contributed by atoms with Crippen molar-refractivity contribution in [1.29, 1.82) is 0 Å². The lowest BCUT2D eigenvalue weighted by molar-refractivity contribution is 0.0176. The quantitative estimate of drug-likeness (QED) is 0.415. The molecule has 130 valence electrons. The molecule has 6 unspecified atom stereocenters. The molecule has 0 spiro atoms. The van der Waals surface area contributed by atoms with Gasteiger partial charge in [-0.3, -0.25) is 0 Å². The molecule has 0 bridgehead atoms. The van der Waals surface area contributed by atoms with Crippen LogP contribution in [0.4, 0.5) is 0 Å². The van der Waals surface area contributed by atoms with Crippen molar-refractivity contribution in [2.75, 3.05) is 0 Å². The average Bonchev–Trinajstić information content (AvgIpc) is 2.60. The van der Waals surface area contributed by atoms with Crippen LogP contribution in [-0.2, 0) is 0 Å². The van der Waals surface area contributed by atoms with Gasteiger partial charge in [0, 0.05) is 0 Å². The predicted octanol–water partition coefficient (Wildman–Crippen LogP) is 7.19. The Kier molecular flexibility index (Phi) is 11.8. The van der Waals surface area contributed by atoms with Gasteiger partial charge in [0.15, 0.2) is 0 Å². The molecule has 3 saturated carbocycles. The van der Waals surface area contributed by atoms with Crippen LogP contribution in [-0.4, -0.2) is 0 Å². The Morgan fingerprint density at radius 1 is 0.545 bits per heavy atom. The number of fused-ring (bicyclic) bond motifs is 2. The average molecular weight is 307 g/mol. The summed E-state index contributed by atoms with van der Waals surface area (Å²) in [5.41, 5.74) is 0. The van der Waals surface area contributed by atoms with Crippen LogP contribution in [0.2, 0.25) is 0 Å². The van der Waals surface area contributed by atoms with Crippen LogP contribution < -0.4 is 0 Å². The standard InChI is InChI=1S/C16H28.2C2H6.C2H2/c1-11-7-15-9-13-5-3-4-6-14(13)10-16(15)8-12(11)2;3*1-2/h11-16H,3-10H2,1-2H3;2*1-2H3;1-2H. The SMILES string of the molecule is C#C.CC.CC.CC1CC2CC3CCCCC3CC2CC1C. The van der Waals surface area contributed by atoms with Crippen molar-refractivity contribution in [1.82, 2.24) is 0 Å². The molecule has 0 saturated heterocycles. The zero-order valence-corrected chi connectivity index (χ0v) is 16.3. The first-order valence-corrected chi connectivity index (χ1v) is 10.1. The third-order valence-electron chi connectivity index (χ3n) is 6.26. The van der Waals surface area contributed by atoms with Crippen LogP contribution in [0.3, 0.4) is 0 Å². The first-order chi connectivity index (χ1) is 10.7. The molecule has 0 heterocycles. The van der Waals surface area contributed by atoms with Crippen LogP contribution in [0.15, 0.2) is 0 Å². The fourth-order valence-electron chi connectivity index (χ4n) is 5.06. The Hall–Kier alpha value is -0.440. The van der Waals surface area contributed by atoms with E-state index in [1.807, 2.05) is 27.7 Å². The lowest BCUT2D eigenvalue weighted by Crippen LogP contribution is -2.39. The van der Waals surface area contributed by atoms with Gasteiger partial charge in [0.1, 0.15) is 0 Å². The van der Waals surface area contributed by atoms with Crippen molar-refractivity contribution in [2.45, 2.75) is 92.9 Å². The van der Waals surface area contributed by atoms with Crippen molar-refractivity contribution in [3.63, 3.8) is 0 Å². The summed E-state index contributed by atoms with van der Waals surface area (Å²) in [5, 5.41) is 0. The van der Waals surface area contributed by atoms with Crippen LogP contribution in [0.1, 0.15) is 92.9 Å². The first-order valence-electron chi connectivity index (χ1n) is 10.1. The Morgan fingerprint density at radius 3 is 1.18 bits per heavy atom. The summed E-state index contributed by atoms with van der Waals surface area (Å²) >= 11 is 0. The Bertz CT molecular complexity index is 251. The second kappa shape index (κ2) is 12.0. The number of hydrogen-bond acceptors (Lipinski definition) is 0. The Labute approximate surface area is 141 Å². The molecule has 0 aromatic heterocycles. The number of rotatable bonds is 0. The highest BCUT2D eigenvalue weighted by Crippen LogP contribution is 2.52. The van der Waals surface area contributed by atoms with Crippen LogP contribution in [0, 0.1) is 48.4 Å². The van der Waals surface area contributed by atoms with Crippen molar-refractivity contribution in [3.05, 3.63) is 0 Å². The van der Waals surface area contributed by atoms with Gasteiger partial charge in [0.25, 0.3) is 0 Å². The second-order valence-corrected chi connectivity index (χ2v) is 7.22. The monoisotopic (exact) mass is 306 g/mol. The summed E-state index contributed by atoms with van der Waals surface area (Å²) in [7, 11) is 0. The van der Waals surface area contributed by atoms with Gasteiger partial charge in [-0.05, 0) is 61.2 Å². The van der Waals surface area contributed by atoms with Gasteiger partial charge >= 0.3 is 0 Å². The molecule has 0 N–H and O–H groups in total. The number of hydrogen-bond donors (Lipinski definition) is 0. The molecule has 3 aliphatic carbocycles. The van der Waals surface area contributed by atoms with Gasteiger partial charge < -0.3 is 0 Å². The molecule has 0 aromatic carbocycles. The molecule has 0 aliphatic heterocycles. The summed E-state index contributed by atoms with van der Waals surface area (Å²) in [5.74, 6) is 6.50. The predicted molar refractivity (Wildman–Crippen MR) is 102 cm³/mol. The van der Waals surface area contributed by atoms with Crippen LogP contribution in [0.25, 0.3) is 0 Å². The largest absolute Gasteiger partial charge is 0.124 e. The van der Waals surface area contributed by atoms with Gasteiger partial charge in [0.05, 0.1) is 0 Å². The minimum absolute atomic E-state index is 1.00. The van der Waals surface area contributed by atoms with Gasteiger partial charge in [-0.15, -0.1) is 12.8 Å². The van der Waals surface area contributed by atoms with Crippen molar-refractivity contribution in [3.8, 4) is 12.8 Å². The summed E-state index contributed by atoms with van der Waals surface area (Å²) in [6.07, 6.45) is 20.5. The highest BCUT2D eigenvalue weighted by Gasteiger charge is 2.41. The van der Waals surface area contributed by atoms with E-state index in [1.165, 1.54) is 12.8 Å². The molecule has 3 fully saturated rings. The van der Waals surface area contributed by atoms with E-state index in [0.29, 0.717) is 0 Å². The fourth-order valence-corrected chi connectivity index (χ4v) is 5.06. The molecule has 0 heteroatoms. The molecule has 0 nitrogen and oxygen atoms in total. The molecule has 0 radical (unpaired) electrons. The van der Waals surface area contributed by atoms with E-state index in [4.69, 9.17) is 0 Å². The van der Waals surface area contributed by atoms with Crippen molar-refractivity contribution >= 4 is 0 Å². The summed E-state index contributed by atoms with van der Waals surface area (Å²) in [4.78, 5) is 0. The Balaban J connectivity index is 0.000000661. The molecule has 0 aromatic rings. The Morgan fingerprint density at radius 2 is 0.864 bits per heavy atom. The van der Waals surface area contributed by atoms with Gasteiger partial charge in [0.2, 0.25) is 0 Å². The third kappa shape index (κ3) is 5.64. The molecule has 3 rings (SSSR count). The minimum Gasteiger partial charge on any atom is -0.124 e.